The van der Waals surface area contributed by atoms with Crippen molar-refractivity contribution in [2.45, 2.75) is 39.2 Å². The fourth-order valence-corrected chi connectivity index (χ4v) is 3.78. The van der Waals surface area contributed by atoms with Crippen molar-refractivity contribution in [3.63, 3.8) is 0 Å². The first-order chi connectivity index (χ1) is 13.3. The SMILES string of the molecule is CC(=O)N(CC(=O)O)C1CCCN(C(=O)c2oc3ccc(F)cc3c2C)CC1. The molecule has 1 aromatic carbocycles. The lowest BCUT2D eigenvalue weighted by Gasteiger charge is -2.28. The average Bonchev–Trinajstić information content (AvgIpc) is 2.82. The molecule has 2 heterocycles. The molecular weight excluding hydrogens is 367 g/mol. The van der Waals surface area contributed by atoms with E-state index in [4.69, 9.17) is 9.52 Å². The first-order valence-corrected chi connectivity index (χ1v) is 9.25. The normalized spacial score (nSPS) is 17.4. The van der Waals surface area contributed by atoms with E-state index in [0.29, 0.717) is 48.9 Å². The zero-order valence-corrected chi connectivity index (χ0v) is 15.9. The number of halogens is 1. The molecule has 0 bridgehead atoms. The minimum atomic E-state index is -1.06. The van der Waals surface area contributed by atoms with Gasteiger partial charge in [0, 0.05) is 37.0 Å². The number of benzene rings is 1. The summed E-state index contributed by atoms with van der Waals surface area (Å²) in [6.07, 6.45) is 1.77. The van der Waals surface area contributed by atoms with Gasteiger partial charge in [0.05, 0.1) is 0 Å². The maximum absolute atomic E-state index is 13.5. The summed E-state index contributed by atoms with van der Waals surface area (Å²) in [5, 5.41) is 9.61. The summed E-state index contributed by atoms with van der Waals surface area (Å²) in [4.78, 5) is 38.9. The monoisotopic (exact) mass is 390 g/mol. The van der Waals surface area contributed by atoms with Crippen LogP contribution in [0.3, 0.4) is 0 Å². The molecule has 2 amide bonds. The van der Waals surface area contributed by atoms with Crippen molar-refractivity contribution in [3.05, 3.63) is 35.3 Å². The largest absolute Gasteiger partial charge is 0.480 e. The Hall–Kier alpha value is -2.90. The van der Waals surface area contributed by atoms with Crippen molar-refractivity contribution in [2.24, 2.45) is 0 Å². The molecule has 1 N–H and O–H groups in total. The predicted octanol–water partition coefficient (Wildman–Crippen LogP) is 2.81. The van der Waals surface area contributed by atoms with Gasteiger partial charge in [-0.25, -0.2) is 4.39 Å². The predicted molar refractivity (Wildman–Crippen MR) is 99.5 cm³/mol. The Bertz CT molecular complexity index is 923. The molecule has 8 heteroatoms. The van der Waals surface area contributed by atoms with Crippen LogP contribution in [0.25, 0.3) is 11.0 Å². The summed E-state index contributed by atoms with van der Waals surface area (Å²) in [6, 6.07) is 3.91. The van der Waals surface area contributed by atoms with Crippen LogP contribution in [0.4, 0.5) is 4.39 Å². The highest BCUT2D eigenvalue weighted by atomic mass is 19.1. The number of carbonyl (C=O) groups is 3. The number of carboxylic acids is 1. The number of aryl methyl sites for hydroxylation is 1. The molecule has 1 aliphatic rings. The van der Waals surface area contributed by atoms with Gasteiger partial charge >= 0.3 is 5.97 Å². The van der Waals surface area contributed by atoms with Crippen molar-refractivity contribution in [1.29, 1.82) is 0 Å². The Balaban J connectivity index is 1.77. The third-order valence-electron chi connectivity index (χ3n) is 5.23. The van der Waals surface area contributed by atoms with E-state index < -0.39 is 11.8 Å². The number of carbonyl (C=O) groups excluding carboxylic acids is 2. The van der Waals surface area contributed by atoms with E-state index in [1.165, 1.54) is 30.0 Å². The molecular formula is C20H23FN2O5. The second kappa shape index (κ2) is 8.00. The fourth-order valence-electron chi connectivity index (χ4n) is 3.78. The van der Waals surface area contributed by atoms with E-state index in [-0.39, 0.29) is 30.2 Å². The molecule has 0 spiro atoms. The Morgan fingerprint density at radius 3 is 2.71 bits per heavy atom. The van der Waals surface area contributed by atoms with Crippen LogP contribution >= 0.6 is 0 Å². The van der Waals surface area contributed by atoms with Crippen LogP contribution in [0.1, 0.15) is 42.3 Å². The van der Waals surface area contributed by atoms with Crippen LogP contribution < -0.4 is 0 Å². The first kappa shape index (κ1) is 19.9. The summed E-state index contributed by atoms with van der Waals surface area (Å²) in [6.45, 7) is 3.61. The van der Waals surface area contributed by atoms with Gasteiger partial charge < -0.3 is 19.3 Å². The van der Waals surface area contributed by atoms with Gasteiger partial charge in [0.2, 0.25) is 5.91 Å². The van der Waals surface area contributed by atoms with E-state index in [1.54, 1.807) is 11.8 Å². The highest BCUT2D eigenvalue weighted by Gasteiger charge is 2.29. The van der Waals surface area contributed by atoms with Gasteiger partial charge in [-0.15, -0.1) is 0 Å². The fraction of sp³-hybridized carbons (Fsp3) is 0.450. The molecule has 150 valence electrons. The number of fused-ring (bicyclic) bond motifs is 1. The zero-order chi connectivity index (χ0) is 20.4. The molecule has 1 unspecified atom stereocenters. The number of nitrogens with zero attached hydrogens (tertiary/aromatic N) is 2. The summed E-state index contributed by atoms with van der Waals surface area (Å²) >= 11 is 0. The van der Waals surface area contributed by atoms with Gasteiger partial charge in [-0.3, -0.25) is 14.4 Å². The smallest absolute Gasteiger partial charge is 0.323 e. The number of carboxylic acid groups (broad SMARTS) is 1. The second-order valence-corrected chi connectivity index (χ2v) is 7.11. The zero-order valence-electron chi connectivity index (χ0n) is 15.9. The molecule has 1 atom stereocenters. The number of hydrogen-bond acceptors (Lipinski definition) is 4. The molecule has 1 fully saturated rings. The molecule has 1 saturated heterocycles. The molecule has 7 nitrogen and oxygen atoms in total. The highest BCUT2D eigenvalue weighted by molar-refractivity contribution is 5.99. The molecule has 0 aliphatic carbocycles. The van der Waals surface area contributed by atoms with Gasteiger partial charge in [-0.1, -0.05) is 0 Å². The molecule has 3 rings (SSSR count). The molecule has 1 aliphatic heterocycles. The summed E-state index contributed by atoms with van der Waals surface area (Å²) in [5.41, 5.74) is 1.05. The number of likely N-dealkylation sites (tertiary alicyclic amines) is 1. The Labute approximate surface area is 161 Å². The molecule has 0 saturated carbocycles. The van der Waals surface area contributed by atoms with E-state index in [9.17, 15) is 18.8 Å². The van der Waals surface area contributed by atoms with Crippen molar-refractivity contribution in [3.8, 4) is 0 Å². The van der Waals surface area contributed by atoms with Crippen LogP contribution in [0, 0.1) is 12.7 Å². The van der Waals surface area contributed by atoms with Crippen LogP contribution in [0.15, 0.2) is 22.6 Å². The Morgan fingerprint density at radius 2 is 2.04 bits per heavy atom. The van der Waals surface area contributed by atoms with Crippen LogP contribution in [-0.2, 0) is 9.59 Å². The minimum absolute atomic E-state index is 0.188. The topological polar surface area (TPSA) is 91.1 Å². The van der Waals surface area contributed by atoms with Crippen LogP contribution in [0.2, 0.25) is 0 Å². The van der Waals surface area contributed by atoms with E-state index in [0.717, 1.165) is 0 Å². The van der Waals surface area contributed by atoms with Gasteiger partial charge in [0.15, 0.2) is 5.76 Å². The van der Waals surface area contributed by atoms with Gasteiger partial charge in [-0.05, 0) is 44.4 Å². The second-order valence-electron chi connectivity index (χ2n) is 7.11. The lowest BCUT2D eigenvalue weighted by Crippen LogP contribution is -2.43. The van der Waals surface area contributed by atoms with Crippen molar-refractivity contribution in [2.75, 3.05) is 19.6 Å². The lowest BCUT2D eigenvalue weighted by atomic mass is 10.1. The van der Waals surface area contributed by atoms with E-state index >= 15 is 0 Å². The maximum atomic E-state index is 13.5. The number of amides is 2. The average molecular weight is 390 g/mol. The van der Waals surface area contributed by atoms with E-state index in [2.05, 4.69) is 0 Å². The highest BCUT2D eigenvalue weighted by Crippen LogP contribution is 2.28. The number of hydrogen-bond donors (Lipinski definition) is 1. The minimum Gasteiger partial charge on any atom is -0.480 e. The standard InChI is InChI=1S/C20H23FN2O5/c1-12-16-10-14(21)5-6-17(16)28-19(12)20(27)22-8-3-4-15(7-9-22)23(13(2)24)11-18(25)26/h5-6,10,15H,3-4,7-9,11H2,1-2H3,(H,25,26). The first-order valence-electron chi connectivity index (χ1n) is 9.25. The van der Waals surface area contributed by atoms with Gasteiger partial charge in [0.25, 0.3) is 5.91 Å². The van der Waals surface area contributed by atoms with Crippen LogP contribution in [0.5, 0.6) is 0 Å². The quantitative estimate of drug-likeness (QED) is 0.867. The van der Waals surface area contributed by atoms with Crippen molar-refractivity contribution < 1.29 is 28.3 Å². The summed E-state index contributed by atoms with van der Waals surface area (Å²) in [7, 11) is 0. The third kappa shape index (κ3) is 4.00. The Kier molecular flexibility index (Phi) is 5.67. The number of rotatable bonds is 4. The lowest BCUT2D eigenvalue weighted by molar-refractivity contribution is -0.145. The van der Waals surface area contributed by atoms with Gasteiger partial charge in [-0.2, -0.15) is 0 Å². The molecule has 2 aromatic rings. The number of furan rings is 1. The van der Waals surface area contributed by atoms with E-state index in [1.807, 2.05) is 0 Å². The summed E-state index contributed by atoms with van der Waals surface area (Å²) < 4.78 is 19.2. The summed E-state index contributed by atoms with van der Waals surface area (Å²) in [5.74, 6) is -1.83. The molecule has 0 radical (unpaired) electrons. The Morgan fingerprint density at radius 1 is 1.29 bits per heavy atom. The molecule has 28 heavy (non-hydrogen) atoms. The molecule has 1 aromatic heterocycles. The van der Waals surface area contributed by atoms with Crippen molar-refractivity contribution >= 4 is 28.8 Å². The van der Waals surface area contributed by atoms with Crippen LogP contribution in [-0.4, -0.2) is 58.4 Å². The van der Waals surface area contributed by atoms with Crippen molar-refractivity contribution in [1.82, 2.24) is 9.80 Å². The maximum Gasteiger partial charge on any atom is 0.323 e. The third-order valence-corrected chi connectivity index (χ3v) is 5.23. The van der Waals surface area contributed by atoms with Gasteiger partial charge in [0.1, 0.15) is 17.9 Å². The number of aliphatic carboxylic acids is 1.